The number of hydrogen-bond donors (Lipinski definition) is 1. The molecule has 0 aliphatic carbocycles. The predicted octanol–water partition coefficient (Wildman–Crippen LogP) is 1.15. The van der Waals surface area contributed by atoms with Crippen LogP contribution in [0.5, 0.6) is 0 Å². The quantitative estimate of drug-likeness (QED) is 0.727. The molecule has 3 nitrogen and oxygen atoms in total. The van der Waals surface area contributed by atoms with E-state index in [4.69, 9.17) is 5.73 Å². The second-order valence-electron chi connectivity index (χ2n) is 2.69. The molecule has 0 radical (unpaired) electrons. The van der Waals surface area contributed by atoms with E-state index in [2.05, 4.69) is 16.5 Å². The zero-order chi connectivity index (χ0) is 8.97. The molecule has 0 spiro atoms. The monoisotopic (exact) mass is 163 g/mol. The highest BCUT2D eigenvalue weighted by molar-refractivity contribution is 5.59. The van der Waals surface area contributed by atoms with Gasteiger partial charge in [0.1, 0.15) is 0 Å². The first-order valence-electron chi connectivity index (χ1n) is 3.91. The van der Waals surface area contributed by atoms with Crippen LogP contribution in [0, 0.1) is 6.92 Å². The van der Waals surface area contributed by atoms with Crippen LogP contribution in [0.2, 0.25) is 0 Å². The zero-order valence-corrected chi connectivity index (χ0v) is 7.25. The maximum absolute atomic E-state index is 5.39. The average molecular weight is 163 g/mol. The number of nitrogens with two attached hydrogens (primary N) is 1. The average Bonchev–Trinajstić information content (AvgIpc) is 2.06. The molecule has 0 fully saturated rings. The maximum Gasteiger partial charge on any atom is 0.0839 e. The number of hydrogen-bond acceptors (Lipinski definition) is 3. The second kappa shape index (κ2) is 3.97. The van der Waals surface area contributed by atoms with Crippen molar-refractivity contribution in [3.63, 3.8) is 0 Å². The lowest BCUT2D eigenvalue weighted by atomic mass is 10.1. The molecular formula is C9H13N3. The van der Waals surface area contributed by atoms with Gasteiger partial charge in [0.05, 0.1) is 17.6 Å². The normalized spacial score (nSPS) is 9.83. The summed E-state index contributed by atoms with van der Waals surface area (Å²) < 4.78 is 0. The Hall–Kier alpha value is -1.22. The SMILES string of the molecule is C=C(CCN)c1cnc(C)cn1. The molecule has 2 N–H and O–H groups in total. The Morgan fingerprint density at radius 1 is 1.50 bits per heavy atom. The summed E-state index contributed by atoms with van der Waals surface area (Å²) >= 11 is 0. The maximum atomic E-state index is 5.39. The van der Waals surface area contributed by atoms with E-state index in [1.807, 2.05) is 6.92 Å². The minimum absolute atomic E-state index is 0.606. The third kappa shape index (κ3) is 2.13. The first kappa shape index (κ1) is 8.87. The van der Waals surface area contributed by atoms with Crippen molar-refractivity contribution in [1.82, 2.24) is 9.97 Å². The molecule has 0 saturated heterocycles. The lowest BCUT2D eigenvalue weighted by Crippen LogP contribution is -2.00. The van der Waals surface area contributed by atoms with Gasteiger partial charge < -0.3 is 5.73 Å². The van der Waals surface area contributed by atoms with E-state index in [-0.39, 0.29) is 0 Å². The molecule has 0 amide bonds. The van der Waals surface area contributed by atoms with Gasteiger partial charge in [0.15, 0.2) is 0 Å². The molecule has 0 atom stereocenters. The molecule has 0 aliphatic rings. The second-order valence-corrected chi connectivity index (χ2v) is 2.69. The Balaban J connectivity index is 2.75. The molecule has 0 aliphatic heterocycles. The van der Waals surface area contributed by atoms with Gasteiger partial charge >= 0.3 is 0 Å². The van der Waals surface area contributed by atoms with E-state index < -0.39 is 0 Å². The standard InChI is InChI=1S/C9H13N3/c1-7(3-4-10)9-6-11-8(2)5-12-9/h5-6H,1,3-4,10H2,2H3. The topological polar surface area (TPSA) is 51.8 Å². The van der Waals surface area contributed by atoms with Crippen molar-refractivity contribution in [2.24, 2.45) is 5.73 Å². The highest BCUT2D eigenvalue weighted by atomic mass is 14.8. The fourth-order valence-electron chi connectivity index (χ4n) is 0.877. The Bertz CT molecular complexity index is 264. The third-order valence-electron chi connectivity index (χ3n) is 1.59. The van der Waals surface area contributed by atoms with Crippen molar-refractivity contribution in [3.05, 3.63) is 30.4 Å². The van der Waals surface area contributed by atoms with Crippen molar-refractivity contribution < 1.29 is 0 Å². The number of aromatic nitrogens is 2. The van der Waals surface area contributed by atoms with Crippen molar-refractivity contribution >= 4 is 5.57 Å². The highest BCUT2D eigenvalue weighted by Crippen LogP contribution is 2.10. The third-order valence-corrected chi connectivity index (χ3v) is 1.59. The van der Waals surface area contributed by atoms with E-state index in [9.17, 15) is 0 Å². The Kier molecular flexibility index (Phi) is 2.94. The van der Waals surface area contributed by atoms with E-state index in [0.29, 0.717) is 6.54 Å². The summed E-state index contributed by atoms with van der Waals surface area (Å²) in [4.78, 5) is 8.30. The Labute approximate surface area is 72.3 Å². The molecular weight excluding hydrogens is 150 g/mol. The van der Waals surface area contributed by atoms with Crippen LogP contribution < -0.4 is 5.73 Å². The predicted molar refractivity (Wildman–Crippen MR) is 49.5 cm³/mol. The van der Waals surface area contributed by atoms with Gasteiger partial charge in [0, 0.05) is 6.20 Å². The molecule has 3 heteroatoms. The van der Waals surface area contributed by atoms with Crippen LogP contribution in [0.4, 0.5) is 0 Å². The molecule has 1 rings (SSSR count). The molecule has 1 aromatic rings. The van der Waals surface area contributed by atoms with Gasteiger partial charge in [0.2, 0.25) is 0 Å². The first-order chi connectivity index (χ1) is 5.74. The molecule has 64 valence electrons. The molecule has 0 bridgehead atoms. The Morgan fingerprint density at radius 2 is 2.25 bits per heavy atom. The molecule has 1 aromatic heterocycles. The van der Waals surface area contributed by atoms with Gasteiger partial charge in [-0.25, -0.2) is 0 Å². The number of aryl methyl sites for hydroxylation is 1. The van der Waals surface area contributed by atoms with Gasteiger partial charge in [-0.05, 0) is 25.5 Å². The summed E-state index contributed by atoms with van der Waals surface area (Å²) in [6, 6.07) is 0. The molecule has 0 unspecified atom stereocenters. The van der Waals surface area contributed by atoms with Crippen LogP contribution >= 0.6 is 0 Å². The molecule has 12 heavy (non-hydrogen) atoms. The van der Waals surface area contributed by atoms with Crippen molar-refractivity contribution in [3.8, 4) is 0 Å². The van der Waals surface area contributed by atoms with Gasteiger partial charge in [-0.1, -0.05) is 6.58 Å². The highest BCUT2D eigenvalue weighted by Gasteiger charge is 1.98. The van der Waals surface area contributed by atoms with E-state index >= 15 is 0 Å². The van der Waals surface area contributed by atoms with E-state index in [1.54, 1.807) is 12.4 Å². The van der Waals surface area contributed by atoms with Crippen LogP contribution in [-0.4, -0.2) is 16.5 Å². The molecule has 1 heterocycles. The van der Waals surface area contributed by atoms with Gasteiger partial charge in [-0.15, -0.1) is 0 Å². The van der Waals surface area contributed by atoms with Gasteiger partial charge in [-0.2, -0.15) is 0 Å². The summed E-state index contributed by atoms with van der Waals surface area (Å²) in [5.74, 6) is 0. The minimum atomic E-state index is 0.606. The van der Waals surface area contributed by atoms with Gasteiger partial charge in [0.25, 0.3) is 0 Å². The van der Waals surface area contributed by atoms with E-state index in [0.717, 1.165) is 23.4 Å². The van der Waals surface area contributed by atoms with Crippen molar-refractivity contribution in [2.75, 3.05) is 6.54 Å². The summed E-state index contributed by atoms with van der Waals surface area (Å²) in [5, 5.41) is 0. The smallest absolute Gasteiger partial charge is 0.0839 e. The lowest BCUT2D eigenvalue weighted by molar-refractivity contribution is 1.00. The van der Waals surface area contributed by atoms with Crippen molar-refractivity contribution in [2.45, 2.75) is 13.3 Å². The first-order valence-corrected chi connectivity index (χ1v) is 3.91. The van der Waals surface area contributed by atoms with Crippen LogP contribution in [0.25, 0.3) is 5.57 Å². The molecule has 0 aromatic carbocycles. The summed E-state index contributed by atoms with van der Waals surface area (Å²) in [6.45, 7) is 6.37. The van der Waals surface area contributed by atoms with Crippen LogP contribution in [0.1, 0.15) is 17.8 Å². The zero-order valence-electron chi connectivity index (χ0n) is 7.25. The fourth-order valence-corrected chi connectivity index (χ4v) is 0.877. The Morgan fingerprint density at radius 3 is 2.75 bits per heavy atom. The largest absolute Gasteiger partial charge is 0.330 e. The lowest BCUT2D eigenvalue weighted by Gasteiger charge is -2.01. The molecule has 0 saturated carbocycles. The van der Waals surface area contributed by atoms with Gasteiger partial charge in [-0.3, -0.25) is 9.97 Å². The summed E-state index contributed by atoms with van der Waals surface area (Å²) in [7, 11) is 0. The number of rotatable bonds is 3. The van der Waals surface area contributed by atoms with Crippen LogP contribution in [0.15, 0.2) is 19.0 Å². The minimum Gasteiger partial charge on any atom is -0.330 e. The van der Waals surface area contributed by atoms with E-state index in [1.165, 1.54) is 0 Å². The van der Waals surface area contributed by atoms with Crippen LogP contribution in [-0.2, 0) is 0 Å². The fraction of sp³-hybridized carbons (Fsp3) is 0.333. The van der Waals surface area contributed by atoms with Crippen molar-refractivity contribution in [1.29, 1.82) is 0 Å². The summed E-state index contributed by atoms with van der Waals surface area (Å²) in [5.41, 5.74) is 8.09. The number of nitrogens with zero attached hydrogens (tertiary/aromatic N) is 2. The summed E-state index contributed by atoms with van der Waals surface area (Å²) in [6.07, 6.45) is 4.24. The van der Waals surface area contributed by atoms with Crippen LogP contribution in [0.3, 0.4) is 0 Å².